The van der Waals surface area contributed by atoms with Crippen LogP contribution in [0.4, 0.5) is 6.01 Å². The molecule has 0 aliphatic rings. The van der Waals surface area contributed by atoms with Gasteiger partial charge in [0.1, 0.15) is 0 Å². The summed E-state index contributed by atoms with van der Waals surface area (Å²) in [6.45, 7) is 7.80. The molecule has 0 aromatic carbocycles. The molecular formula is C9H18N4O. The van der Waals surface area contributed by atoms with Crippen molar-refractivity contribution < 1.29 is 4.42 Å². The number of nitrogens with two attached hydrogens (primary N) is 1. The minimum atomic E-state index is -0.198. The topological polar surface area (TPSA) is 68.2 Å². The van der Waals surface area contributed by atoms with E-state index in [4.69, 9.17) is 10.2 Å². The molecule has 80 valence electrons. The Hall–Kier alpha value is -1.10. The second kappa shape index (κ2) is 4.95. The van der Waals surface area contributed by atoms with Crippen LogP contribution in [0.2, 0.25) is 0 Å². The molecule has 0 aliphatic carbocycles. The largest absolute Gasteiger partial charge is 0.406 e. The van der Waals surface area contributed by atoms with Crippen LogP contribution in [-0.4, -0.2) is 23.3 Å². The molecule has 0 radical (unpaired) electrons. The number of anilines is 1. The van der Waals surface area contributed by atoms with Crippen LogP contribution in [0.5, 0.6) is 0 Å². The molecule has 0 saturated heterocycles. The molecule has 14 heavy (non-hydrogen) atoms. The molecule has 1 aromatic rings. The van der Waals surface area contributed by atoms with Crippen molar-refractivity contribution in [2.75, 3.05) is 18.0 Å². The van der Waals surface area contributed by atoms with E-state index >= 15 is 0 Å². The van der Waals surface area contributed by atoms with Crippen LogP contribution in [0.1, 0.15) is 39.1 Å². The van der Waals surface area contributed by atoms with Crippen LogP contribution < -0.4 is 10.6 Å². The summed E-state index contributed by atoms with van der Waals surface area (Å²) in [6, 6.07) is 0.373. The van der Waals surface area contributed by atoms with E-state index in [0.29, 0.717) is 11.9 Å². The predicted molar refractivity (Wildman–Crippen MR) is 55.1 cm³/mol. The Labute approximate surface area is 84.3 Å². The quantitative estimate of drug-likeness (QED) is 0.773. The van der Waals surface area contributed by atoms with E-state index in [1.165, 1.54) is 0 Å². The molecule has 0 spiro atoms. The minimum absolute atomic E-state index is 0.198. The normalized spacial score (nSPS) is 12.9. The smallest absolute Gasteiger partial charge is 0.318 e. The second-order valence-electron chi connectivity index (χ2n) is 3.29. The average Bonchev–Trinajstić information content (AvgIpc) is 2.63. The van der Waals surface area contributed by atoms with Crippen LogP contribution in [-0.2, 0) is 0 Å². The van der Waals surface area contributed by atoms with E-state index in [0.717, 1.165) is 19.5 Å². The van der Waals surface area contributed by atoms with Gasteiger partial charge in [0.05, 0.1) is 6.04 Å². The van der Waals surface area contributed by atoms with Crippen LogP contribution in [0.25, 0.3) is 0 Å². The summed E-state index contributed by atoms with van der Waals surface area (Å²) in [6.07, 6.45) is 1.06. The van der Waals surface area contributed by atoms with E-state index in [-0.39, 0.29) is 6.04 Å². The maximum Gasteiger partial charge on any atom is 0.318 e. The first kappa shape index (κ1) is 11.0. The third kappa shape index (κ3) is 2.45. The van der Waals surface area contributed by atoms with Crippen molar-refractivity contribution in [3.63, 3.8) is 0 Å². The Morgan fingerprint density at radius 2 is 2.14 bits per heavy atom. The number of hydrogen-bond donors (Lipinski definition) is 1. The zero-order chi connectivity index (χ0) is 10.6. The molecule has 0 saturated carbocycles. The first-order chi connectivity index (χ1) is 6.69. The highest BCUT2D eigenvalue weighted by molar-refractivity contribution is 5.23. The highest BCUT2D eigenvalue weighted by atomic mass is 16.4. The van der Waals surface area contributed by atoms with E-state index in [1.807, 2.05) is 11.8 Å². The Kier molecular flexibility index (Phi) is 3.88. The summed E-state index contributed by atoms with van der Waals surface area (Å²) in [5, 5.41) is 7.84. The van der Waals surface area contributed by atoms with Gasteiger partial charge in [-0.3, -0.25) is 0 Å². The van der Waals surface area contributed by atoms with E-state index in [1.54, 1.807) is 0 Å². The molecule has 1 heterocycles. The third-order valence-corrected chi connectivity index (χ3v) is 1.97. The minimum Gasteiger partial charge on any atom is -0.406 e. The maximum atomic E-state index is 5.63. The molecular weight excluding hydrogens is 180 g/mol. The number of hydrogen-bond acceptors (Lipinski definition) is 5. The summed E-state index contributed by atoms with van der Waals surface area (Å²) < 4.78 is 5.43. The van der Waals surface area contributed by atoms with Gasteiger partial charge in [0.2, 0.25) is 5.89 Å². The molecule has 0 aliphatic heterocycles. The van der Waals surface area contributed by atoms with Gasteiger partial charge in [0, 0.05) is 13.1 Å². The standard InChI is InChI=1S/C9H18N4O/c1-4-6-13(5-2)9-12-11-8(14-9)7(3)10/h7H,4-6,10H2,1-3H3. The number of aromatic nitrogens is 2. The van der Waals surface area contributed by atoms with Gasteiger partial charge in [-0.25, -0.2) is 0 Å². The summed E-state index contributed by atoms with van der Waals surface area (Å²) in [7, 11) is 0. The monoisotopic (exact) mass is 198 g/mol. The number of nitrogens with zero attached hydrogens (tertiary/aromatic N) is 3. The Morgan fingerprint density at radius 3 is 2.57 bits per heavy atom. The van der Waals surface area contributed by atoms with Crippen LogP contribution in [0.3, 0.4) is 0 Å². The molecule has 2 N–H and O–H groups in total. The first-order valence-electron chi connectivity index (χ1n) is 5.03. The maximum absolute atomic E-state index is 5.63. The van der Waals surface area contributed by atoms with Crippen molar-refractivity contribution in [1.29, 1.82) is 0 Å². The first-order valence-corrected chi connectivity index (χ1v) is 5.03. The lowest BCUT2D eigenvalue weighted by Gasteiger charge is -2.16. The van der Waals surface area contributed by atoms with Crippen molar-refractivity contribution in [3.8, 4) is 0 Å². The summed E-state index contributed by atoms with van der Waals surface area (Å²) >= 11 is 0. The van der Waals surface area contributed by atoms with Crippen LogP contribution in [0, 0.1) is 0 Å². The highest BCUT2D eigenvalue weighted by Gasteiger charge is 2.13. The van der Waals surface area contributed by atoms with Gasteiger partial charge in [-0.2, -0.15) is 0 Å². The average molecular weight is 198 g/mol. The molecule has 1 atom stereocenters. The van der Waals surface area contributed by atoms with Gasteiger partial charge in [-0.05, 0) is 20.3 Å². The molecule has 1 unspecified atom stereocenters. The molecule has 1 rings (SSSR count). The Balaban J connectivity index is 2.73. The molecule has 5 nitrogen and oxygen atoms in total. The Bertz CT molecular complexity index is 272. The van der Waals surface area contributed by atoms with Gasteiger partial charge in [-0.15, -0.1) is 5.10 Å². The van der Waals surface area contributed by atoms with Crippen LogP contribution >= 0.6 is 0 Å². The van der Waals surface area contributed by atoms with Gasteiger partial charge in [-0.1, -0.05) is 12.0 Å². The van der Waals surface area contributed by atoms with Crippen molar-refractivity contribution in [2.24, 2.45) is 5.73 Å². The Morgan fingerprint density at radius 1 is 1.43 bits per heavy atom. The zero-order valence-electron chi connectivity index (χ0n) is 9.03. The summed E-state index contributed by atoms with van der Waals surface area (Å²) in [5.74, 6) is 0.495. The molecule has 0 amide bonds. The van der Waals surface area contributed by atoms with E-state index in [2.05, 4.69) is 24.0 Å². The molecule has 1 aromatic heterocycles. The van der Waals surface area contributed by atoms with E-state index < -0.39 is 0 Å². The van der Waals surface area contributed by atoms with Gasteiger partial charge in [0.25, 0.3) is 0 Å². The lowest BCUT2D eigenvalue weighted by atomic mass is 10.4. The lowest BCUT2D eigenvalue weighted by Crippen LogP contribution is -2.23. The third-order valence-electron chi connectivity index (χ3n) is 1.97. The number of rotatable bonds is 5. The van der Waals surface area contributed by atoms with Gasteiger partial charge < -0.3 is 15.1 Å². The fourth-order valence-corrected chi connectivity index (χ4v) is 1.20. The predicted octanol–water partition coefficient (Wildman–Crippen LogP) is 1.33. The van der Waals surface area contributed by atoms with Gasteiger partial charge >= 0.3 is 6.01 Å². The summed E-state index contributed by atoms with van der Waals surface area (Å²) in [4.78, 5) is 2.04. The van der Waals surface area contributed by atoms with Crippen molar-refractivity contribution in [3.05, 3.63) is 5.89 Å². The van der Waals surface area contributed by atoms with Gasteiger partial charge in [0.15, 0.2) is 0 Å². The zero-order valence-corrected chi connectivity index (χ0v) is 9.03. The fourth-order valence-electron chi connectivity index (χ4n) is 1.20. The lowest BCUT2D eigenvalue weighted by molar-refractivity contribution is 0.456. The fraction of sp³-hybridized carbons (Fsp3) is 0.778. The summed E-state index contributed by atoms with van der Waals surface area (Å²) in [5.41, 5.74) is 5.63. The van der Waals surface area contributed by atoms with Crippen LogP contribution in [0.15, 0.2) is 4.42 Å². The second-order valence-corrected chi connectivity index (χ2v) is 3.29. The SMILES string of the molecule is CCCN(CC)c1nnc(C(C)N)o1. The van der Waals surface area contributed by atoms with Crippen molar-refractivity contribution >= 4 is 6.01 Å². The molecule has 0 fully saturated rings. The molecule has 5 heteroatoms. The van der Waals surface area contributed by atoms with Crippen molar-refractivity contribution in [1.82, 2.24) is 10.2 Å². The molecule has 0 bridgehead atoms. The highest BCUT2D eigenvalue weighted by Crippen LogP contribution is 2.15. The van der Waals surface area contributed by atoms with E-state index in [9.17, 15) is 0 Å². The van der Waals surface area contributed by atoms with Crippen molar-refractivity contribution in [2.45, 2.75) is 33.2 Å².